The molecule has 1 aromatic rings. The van der Waals surface area contributed by atoms with Gasteiger partial charge in [-0.1, -0.05) is 15.9 Å². The minimum absolute atomic E-state index is 0.178. The molecule has 1 aromatic heterocycles. The second-order valence-electron chi connectivity index (χ2n) is 2.69. The first-order valence-corrected chi connectivity index (χ1v) is 6.45. The highest BCUT2D eigenvalue weighted by Gasteiger charge is 2.07. The second-order valence-corrected chi connectivity index (χ2v) is 5.72. The first-order valence-electron chi connectivity index (χ1n) is 3.68. The third kappa shape index (κ3) is 2.85. The monoisotopic (exact) mass is 280 g/mol. The average Bonchev–Trinajstić information content (AvgIpc) is 2.11. The van der Waals surface area contributed by atoms with Crippen LogP contribution in [0.15, 0.2) is 23.1 Å². The molecule has 0 aromatic carbocycles. The zero-order valence-corrected chi connectivity index (χ0v) is 9.80. The van der Waals surface area contributed by atoms with Crippen molar-refractivity contribution < 1.29 is 8.42 Å². The van der Waals surface area contributed by atoms with Gasteiger partial charge in [0.2, 0.25) is 15.6 Å². The first-order chi connectivity index (χ1) is 6.44. The fraction of sp³-hybridized carbons (Fsp3) is 0.286. The molecule has 78 valence electrons. The van der Waals surface area contributed by atoms with E-state index in [2.05, 4.69) is 20.7 Å². The molecule has 0 saturated carbocycles. The van der Waals surface area contributed by atoms with Gasteiger partial charge in [0.25, 0.3) is 0 Å². The molecule has 0 unspecified atom stereocenters. The molecular formula is C7H9BrN2O3S. The number of sulfonamides is 1. The van der Waals surface area contributed by atoms with Crippen LogP contribution in [0.4, 0.5) is 5.69 Å². The van der Waals surface area contributed by atoms with Crippen LogP contribution in [0.5, 0.6) is 0 Å². The highest BCUT2D eigenvalue weighted by atomic mass is 79.9. The molecule has 0 radical (unpaired) electrons. The minimum Gasteiger partial charge on any atom is -0.316 e. The van der Waals surface area contributed by atoms with Gasteiger partial charge in [0.15, 0.2) is 0 Å². The van der Waals surface area contributed by atoms with Crippen LogP contribution in [-0.4, -0.2) is 17.6 Å². The van der Waals surface area contributed by atoms with Crippen molar-refractivity contribution >= 4 is 31.6 Å². The molecule has 0 saturated heterocycles. The Morgan fingerprint density at radius 3 is 2.64 bits per heavy atom. The third-order valence-electron chi connectivity index (χ3n) is 1.50. The Hall–Kier alpha value is -0.820. The quantitative estimate of drug-likeness (QED) is 0.819. The molecule has 14 heavy (non-hydrogen) atoms. The SMILES string of the molecule is Cn1cc(NS(=O)(=O)CBr)ccc1=O. The van der Waals surface area contributed by atoms with Crippen LogP contribution < -0.4 is 10.3 Å². The lowest BCUT2D eigenvalue weighted by atomic mass is 10.4. The number of nitrogens with one attached hydrogen (secondary N) is 1. The van der Waals surface area contributed by atoms with E-state index in [4.69, 9.17) is 0 Å². The highest BCUT2D eigenvalue weighted by molar-refractivity contribution is 9.10. The topological polar surface area (TPSA) is 68.2 Å². The fourth-order valence-electron chi connectivity index (χ4n) is 0.861. The number of alkyl halides is 1. The van der Waals surface area contributed by atoms with Crippen LogP contribution >= 0.6 is 15.9 Å². The lowest BCUT2D eigenvalue weighted by Gasteiger charge is -2.05. The molecule has 0 aliphatic carbocycles. The summed E-state index contributed by atoms with van der Waals surface area (Å²) in [6.07, 6.45) is 1.42. The van der Waals surface area contributed by atoms with Gasteiger partial charge in [-0.25, -0.2) is 8.42 Å². The predicted octanol–water partition coefficient (Wildman–Crippen LogP) is 0.479. The van der Waals surface area contributed by atoms with Crippen molar-refractivity contribution in [2.45, 2.75) is 0 Å². The van der Waals surface area contributed by atoms with Crippen molar-refractivity contribution in [1.29, 1.82) is 0 Å². The maximum absolute atomic E-state index is 11.1. The number of anilines is 1. The summed E-state index contributed by atoms with van der Waals surface area (Å²) in [6.45, 7) is 0. The molecule has 0 aliphatic heterocycles. The summed E-state index contributed by atoms with van der Waals surface area (Å²) in [5, 5.41) is 0. The van der Waals surface area contributed by atoms with Gasteiger partial charge in [-0.2, -0.15) is 0 Å². The smallest absolute Gasteiger partial charge is 0.250 e. The van der Waals surface area contributed by atoms with Gasteiger partial charge >= 0.3 is 0 Å². The van der Waals surface area contributed by atoms with Gasteiger partial charge in [0, 0.05) is 19.3 Å². The number of hydrogen-bond acceptors (Lipinski definition) is 3. The van der Waals surface area contributed by atoms with E-state index in [0.29, 0.717) is 5.69 Å². The average molecular weight is 281 g/mol. The van der Waals surface area contributed by atoms with Crippen LogP contribution in [0, 0.1) is 0 Å². The van der Waals surface area contributed by atoms with Crippen molar-refractivity contribution in [1.82, 2.24) is 4.57 Å². The molecular weight excluding hydrogens is 272 g/mol. The Bertz CT molecular complexity index is 480. The summed E-state index contributed by atoms with van der Waals surface area (Å²) in [7, 11) is -1.80. The summed E-state index contributed by atoms with van der Waals surface area (Å²) in [4.78, 5) is 11.0. The third-order valence-corrected chi connectivity index (χ3v) is 4.15. The Balaban J connectivity index is 3.00. The molecule has 0 aliphatic rings. The zero-order chi connectivity index (χ0) is 10.8. The Kier molecular flexibility index (Phi) is 3.33. The van der Waals surface area contributed by atoms with E-state index in [-0.39, 0.29) is 10.2 Å². The fourth-order valence-corrected chi connectivity index (χ4v) is 1.74. The molecule has 0 fully saturated rings. The molecule has 0 amide bonds. The van der Waals surface area contributed by atoms with Crippen LogP contribution in [0.2, 0.25) is 0 Å². The number of nitrogens with zero attached hydrogens (tertiary/aromatic N) is 1. The number of rotatable bonds is 3. The number of aromatic nitrogens is 1. The Morgan fingerprint density at radius 1 is 1.50 bits per heavy atom. The van der Waals surface area contributed by atoms with Crippen molar-refractivity contribution in [3.8, 4) is 0 Å². The maximum atomic E-state index is 11.1. The molecule has 5 nitrogen and oxygen atoms in total. The summed E-state index contributed by atoms with van der Waals surface area (Å²) in [6, 6.07) is 2.72. The van der Waals surface area contributed by atoms with Crippen LogP contribution in [0.3, 0.4) is 0 Å². The standard InChI is InChI=1S/C7H9BrN2O3S/c1-10-4-6(2-3-7(10)11)9-14(12,13)5-8/h2-4,9H,5H2,1H3. The van der Waals surface area contributed by atoms with E-state index in [1.807, 2.05) is 0 Å². The van der Waals surface area contributed by atoms with E-state index in [9.17, 15) is 13.2 Å². The Labute approximate surface area is 89.9 Å². The normalized spacial score (nSPS) is 11.3. The van der Waals surface area contributed by atoms with Gasteiger partial charge in [0.05, 0.1) is 5.69 Å². The minimum atomic E-state index is -3.35. The van der Waals surface area contributed by atoms with Gasteiger partial charge in [-0.3, -0.25) is 9.52 Å². The molecule has 1 N–H and O–H groups in total. The highest BCUT2D eigenvalue weighted by Crippen LogP contribution is 2.06. The van der Waals surface area contributed by atoms with Crippen molar-refractivity contribution in [3.05, 3.63) is 28.7 Å². The zero-order valence-electron chi connectivity index (χ0n) is 7.40. The second kappa shape index (κ2) is 4.14. The lowest BCUT2D eigenvalue weighted by Crippen LogP contribution is -2.18. The molecule has 1 rings (SSSR count). The number of hydrogen-bond donors (Lipinski definition) is 1. The van der Waals surface area contributed by atoms with Gasteiger partial charge in [0.1, 0.15) is 4.66 Å². The van der Waals surface area contributed by atoms with Crippen LogP contribution in [0.25, 0.3) is 0 Å². The number of halogens is 1. The number of aryl methyl sites for hydroxylation is 1. The van der Waals surface area contributed by atoms with Gasteiger partial charge in [-0.15, -0.1) is 0 Å². The number of pyridine rings is 1. The summed E-state index contributed by atoms with van der Waals surface area (Å²) in [5.74, 6) is 0. The van der Waals surface area contributed by atoms with E-state index in [1.165, 1.54) is 22.9 Å². The van der Waals surface area contributed by atoms with Gasteiger partial charge in [-0.05, 0) is 6.07 Å². The van der Waals surface area contributed by atoms with E-state index < -0.39 is 10.0 Å². The van der Waals surface area contributed by atoms with Crippen molar-refractivity contribution in [2.24, 2.45) is 7.05 Å². The molecule has 1 heterocycles. The van der Waals surface area contributed by atoms with Crippen LogP contribution in [-0.2, 0) is 17.1 Å². The van der Waals surface area contributed by atoms with Crippen molar-refractivity contribution in [3.63, 3.8) is 0 Å². The summed E-state index contributed by atoms with van der Waals surface area (Å²) >= 11 is 2.84. The summed E-state index contributed by atoms with van der Waals surface area (Å²) < 4.78 is 25.7. The molecule has 0 bridgehead atoms. The van der Waals surface area contributed by atoms with Gasteiger partial charge < -0.3 is 4.57 Å². The molecule has 7 heteroatoms. The molecule has 0 atom stereocenters. The molecule has 0 spiro atoms. The summed E-state index contributed by atoms with van der Waals surface area (Å²) in [5.41, 5.74) is 0.179. The van der Waals surface area contributed by atoms with E-state index in [0.717, 1.165) is 0 Å². The lowest BCUT2D eigenvalue weighted by molar-refractivity contribution is 0.606. The predicted molar refractivity (Wildman–Crippen MR) is 58.0 cm³/mol. The Morgan fingerprint density at radius 2 is 2.14 bits per heavy atom. The van der Waals surface area contributed by atoms with E-state index >= 15 is 0 Å². The van der Waals surface area contributed by atoms with E-state index in [1.54, 1.807) is 7.05 Å². The first kappa shape index (κ1) is 11.3. The maximum Gasteiger partial charge on any atom is 0.250 e. The van der Waals surface area contributed by atoms with Crippen molar-refractivity contribution in [2.75, 3.05) is 9.38 Å². The largest absolute Gasteiger partial charge is 0.316 e. The van der Waals surface area contributed by atoms with Crippen LogP contribution in [0.1, 0.15) is 0 Å².